The number of ether oxygens (including phenoxy) is 2. The molecule has 0 bridgehead atoms. The van der Waals surface area contributed by atoms with Gasteiger partial charge >= 0.3 is 11.9 Å². The Kier molecular flexibility index (Phi) is 3.65. The monoisotopic (exact) mass is 278 g/mol. The first-order chi connectivity index (χ1) is 9.60. The molecule has 0 aliphatic carbocycles. The van der Waals surface area contributed by atoms with Crippen LogP contribution in [0.2, 0.25) is 0 Å². The largest absolute Gasteiger partial charge is 0.465 e. The Bertz CT molecular complexity index is 656. The number of carbonyl (C=O) groups is 3. The van der Waals surface area contributed by atoms with Crippen LogP contribution in [-0.4, -0.2) is 42.1 Å². The van der Waals surface area contributed by atoms with Gasteiger partial charge in [-0.25, -0.2) is 9.59 Å². The Morgan fingerprint density at radius 1 is 1.20 bits per heavy atom. The van der Waals surface area contributed by atoms with Crippen LogP contribution in [0.15, 0.2) is 22.8 Å². The molecule has 0 atom stereocenters. The highest BCUT2D eigenvalue weighted by Crippen LogP contribution is 2.18. The smallest absolute Gasteiger partial charge is 0.357 e. The molecule has 0 aliphatic heterocycles. The molecule has 0 unspecified atom stereocenters. The number of furan rings is 1. The Morgan fingerprint density at radius 3 is 2.45 bits per heavy atom. The summed E-state index contributed by atoms with van der Waals surface area (Å²) in [5.41, 5.74) is -0.817. The molecule has 2 heterocycles. The zero-order valence-corrected chi connectivity index (χ0v) is 10.6. The van der Waals surface area contributed by atoms with Gasteiger partial charge in [-0.05, 0) is 12.1 Å². The lowest BCUT2D eigenvalue weighted by atomic mass is 10.1. The van der Waals surface area contributed by atoms with E-state index in [4.69, 9.17) is 4.42 Å². The minimum absolute atomic E-state index is 0.0157. The molecule has 8 heteroatoms. The van der Waals surface area contributed by atoms with Gasteiger partial charge in [0, 0.05) is 0 Å². The third-order valence-corrected chi connectivity index (χ3v) is 2.51. The van der Waals surface area contributed by atoms with Crippen LogP contribution in [0.1, 0.15) is 37.1 Å². The predicted molar refractivity (Wildman–Crippen MR) is 63.4 cm³/mol. The first-order valence-electron chi connectivity index (χ1n) is 5.43. The van der Waals surface area contributed by atoms with E-state index in [9.17, 15) is 14.4 Å². The molecular weight excluding hydrogens is 268 g/mol. The van der Waals surface area contributed by atoms with Gasteiger partial charge < -0.3 is 13.9 Å². The third kappa shape index (κ3) is 2.18. The Hall–Kier alpha value is -2.90. The van der Waals surface area contributed by atoms with Crippen molar-refractivity contribution in [1.29, 1.82) is 0 Å². The third-order valence-electron chi connectivity index (χ3n) is 2.51. The van der Waals surface area contributed by atoms with Crippen LogP contribution in [0, 0.1) is 0 Å². The molecule has 0 fully saturated rings. The second-order valence-corrected chi connectivity index (χ2v) is 3.61. The van der Waals surface area contributed by atoms with Crippen molar-refractivity contribution in [2.75, 3.05) is 14.2 Å². The van der Waals surface area contributed by atoms with Gasteiger partial charge in [0.25, 0.3) is 0 Å². The Labute approximate surface area is 112 Å². The lowest BCUT2D eigenvalue weighted by Gasteiger charge is -2.01. The average Bonchev–Trinajstić information content (AvgIpc) is 3.13. The van der Waals surface area contributed by atoms with E-state index in [1.807, 2.05) is 0 Å². The second kappa shape index (κ2) is 5.39. The lowest BCUT2D eigenvalue weighted by molar-refractivity contribution is 0.0551. The van der Waals surface area contributed by atoms with Crippen molar-refractivity contribution in [2.45, 2.75) is 0 Å². The summed E-state index contributed by atoms with van der Waals surface area (Å²) >= 11 is 0. The average molecular weight is 278 g/mol. The van der Waals surface area contributed by atoms with Gasteiger partial charge in [-0.2, -0.15) is 5.10 Å². The van der Waals surface area contributed by atoms with E-state index in [0.717, 1.165) is 14.2 Å². The molecule has 0 saturated heterocycles. The van der Waals surface area contributed by atoms with Gasteiger partial charge in [0.15, 0.2) is 17.1 Å². The fourth-order valence-corrected chi connectivity index (χ4v) is 1.58. The molecule has 0 radical (unpaired) electrons. The van der Waals surface area contributed by atoms with Crippen molar-refractivity contribution in [3.8, 4) is 0 Å². The molecule has 0 aromatic carbocycles. The van der Waals surface area contributed by atoms with Gasteiger partial charge in [-0.3, -0.25) is 9.89 Å². The van der Waals surface area contributed by atoms with Crippen LogP contribution >= 0.6 is 0 Å². The number of ketones is 1. The maximum Gasteiger partial charge on any atom is 0.357 e. The number of hydrogen-bond acceptors (Lipinski definition) is 7. The molecule has 1 N–H and O–H groups in total. The van der Waals surface area contributed by atoms with Gasteiger partial charge in [-0.15, -0.1) is 0 Å². The first kappa shape index (κ1) is 13.5. The fourth-order valence-electron chi connectivity index (χ4n) is 1.58. The van der Waals surface area contributed by atoms with Gasteiger partial charge in [-0.1, -0.05) is 0 Å². The Morgan fingerprint density at radius 2 is 1.90 bits per heavy atom. The molecule has 0 amide bonds. The second-order valence-electron chi connectivity index (χ2n) is 3.61. The summed E-state index contributed by atoms with van der Waals surface area (Å²) < 4.78 is 14.0. The van der Waals surface area contributed by atoms with Crippen molar-refractivity contribution in [3.63, 3.8) is 0 Å². The number of nitrogens with zero attached hydrogens (tertiary/aromatic N) is 1. The molecule has 0 aliphatic rings. The van der Waals surface area contributed by atoms with E-state index < -0.39 is 17.7 Å². The lowest BCUT2D eigenvalue weighted by Crippen LogP contribution is -2.14. The number of rotatable bonds is 4. The topological polar surface area (TPSA) is 111 Å². The Balaban J connectivity index is 2.54. The maximum absolute atomic E-state index is 12.1. The van der Waals surface area contributed by atoms with Crippen LogP contribution in [0.5, 0.6) is 0 Å². The molecular formula is C12H10N2O6. The van der Waals surface area contributed by atoms with Crippen LogP contribution in [0.4, 0.5) is 0 Å². The zero-order valence-electron chi connectivity index (χ0n) is 10.6. The number of aromatic nitrogens is 2. The quantitative estimate of drug-likeness (QED) is 0.650. The summed E-state index contributed by atoms with van der Waals surface area (Å²) in [6, 6.07) is 2.93. The highest BCUT2D eigenvalue weighted by atomic mass is 16.5. The summed E-state index contributed by atoms with van der Waals surface area (Å²) in [6.07, 6.45) is 1.30. The van der Waals surface area contributed by atoms with Gasteiger partial charge in [0.05, 0.1) is 20.5 Å². The highest BCUT2D eigenvalue weighted by molar-refractivity contribution is 6.15. The number of methoxy groups -OCH3 is 2. The van der Waals surface area contributed by atoms with Crippen LogP contribution in [-0.2, 0) is 9.47 Å². The van der Waals surface area contributed by atoms with Crippen LogP contribution in [0.3, 0.4) is 0 Å². The normalized spacial score (nSPS) is 10.1. The van der Waals surface area contributed by atoms with Crippen LogP contribution < -0.4 is 0 Å². The predicted octanol–water partition coefficient (Wildman–Crippen LogP) is 0.807. The van der Waals surface area contributed by atoms with Crippen molar-refractivity contribution < 1.29 is 28.3 Å². The minimum Gasteiger partial charge on any atom is -0.465 e. The standard InChI is InChI=1S/C12H10N2O6/c1-18-11(16)7-8(10(15)6-4-3-5-20-6)13-14-9(7)12(17)19-2/h3-5H,1-2H3,(H,13,14). The first-order valence-corrected chi connectivity index (χ1v) is 5.43. The molecule has 104 valence electrons. The van der Waals surface area contributed by atoms with Crippen molar-refractivity contribution in [2.24, 2.45) is 0 Å². The molecule has 2 rings (SSSR count). The zero-order chi connectivity index (χ0) is 14.7. The van der Waals surface area contributed by atoms with E-state index in [1.165, 1.54) is 18.4 Å². The molecule has 2 aromatic heterocycles. The van der Waals surface area contributed by atoms with Gasteiger partial charge in [0.1, 0.15) is 5.56 Å². The van der Waals surface area contributed by atoms with Gasteiger partial charge in [0.2, 0.25) is 5.78 Å². The molecule has 0 saturated carbocycles. The van der Waals surface area contributed by atoms with E-state index in [0.29, 0.717) is 0 Å². The highest BCUT2D eigenvalue weighted by Gasteiger charge is 2.31. The number of esters is 2. The molecule has 0 spiro atoms. The minimum atomic E-state index is -0.881. The molecule has 8 nitrogen and oxygen atoms in total. The fraction of sp³-hybridized carbons (Fsp3) is 0.167. The number of hydrogen-bond donors (Lipinski definition) is 1. The number of aromatic amines is 1. The molecule has 20 heavy (non-hydrogen) atoms. The SMILES string of the molecule is COC(=O)c1[nH]nc(C(=O)c2ccco2)c1C(=O)OC. The maximum atomic E-state index is 12.1. The number of H-pyrrole nitrogens is 1. The van der Waals surface area contributed by atoms with E-state index in [1.54, 1.807) is 0 Å². The summed E-state index contributed by atoms with van der Waals surface area (Å²) in [7, 11) is 2.26. The summed E-state index contributed by atoms with van der Waals surface area (Å²) in [5.74, 6) is -2.38. The van der Waals surface area contributed by atoms with E-state index in [2.05, 4.69) is 19.7 Å². The number of nitrogens with one attached hydrogen (secondary N) is 1. The van der Waals surface area contributed by atoms with Crippen molar-refractivity contribution in [3.05, 3.63) is 41.1 Å². The molecule has 2 aromatic rings. The summed E-state index contributed by atoms with van der Waals surface area (Å²) in [4.78, 5) is 35.4. The van der Waals surface area contributed by atoms with Crippen molar-refractivity contribution >= 4 is 17.7 Å². The van der Waals surface area contributed by atoms with E-state index in [-0.39, 0.29) is 22.7 Å². The van der Waals surface area contributed by atoms with Crippen molar-refractivity contribution in [1.82, 2.24) is 10.2 Å². The summed E-state index contributed by atoms with van der Waals surface area (Å²) in [5, 5.41) is 5.97. The van der Waals surface area contributed by atoms with E-state index >= 15 is 0 Å². The van der Waals surface area contributed by atoms with Crippen LogP contribution in [0.25, 0.3) is 0 Å². The summed E-state index contributed by atoms with van der Waals surface area (Å²) in [6.45, 7) is 0. The number of carbonyl (C=O) groups excluding carboxylic acids is 3.